The smallest absolute Gasteiger partial charge is 0.237 e. The Morgan fingerprint density at radius 1 is 1.09 bits per heavy atom. The normalized spacial score (nSPS) is 13.5. The van der Waals surface area contributed by atoms with E-state index in [1.54, 1.807) is 0 Å². The summed E-state index contributed by atoms with van der Waals surface area (Å²) in [5.74, 6) is -0.114. The van der Waals surface area contributed by atoms with Crippen molar-refractivity contribution in [1.29, 1.82) is 0 Å². The maximum Gasteiger partial charge on any atom is 0.237 e. The van der Waals surface area contributed by atoms with Crippen molar-refractivity contribution >= 4 is 5.91 Å². The van der Waals surface area contributed by atoms with Gasteiger partial charge in [0, 0.05) is 0 Å². The van der Waals surface area contributed by atoms with Gasteiger partial charge in [-0.05, 0) is 49.4 Å². The average Bonchev–Trinajstić information content (AvgIpc) is 2.50. The molecule has 2 aromatic rings. The Bertz CT molecular complexity index is 637. The molecule has 2 rings (SSSR count). The summed E-state index contributed by atoms with van der Waals surface area (Å²) in [6.07, 6.45) is 0.548. The van der Waals surface area contributed by atoms with Gasteiger partial charge in [-0.25, -0.2) is 0 Å². The van der Waals surface area contributed by atoms with Crippen LogP contribution in [0.2, 0.25) is 0 Å². The zero-order valence-electron chi connectivity index (χ0n) is 13.5. The van der Waals surface area contributed by atoms with Gasteiger partial charge in [-0.1, -0.05) is 48.5 Å². The lowest BCUT2D eigenvalue weighted by Crippen LogP contribution is -2.43. The minimum Gasteiger partial charge on any atom is -0.348 e. The molecule has 0 spiro atoms. The Morgan fingerprint density at radius 3 is 2.45 bits per heavy atom. The molecule has 22 heavy (non-hydrogen) atoms. The van der Waals surface area contributed by atoms with Crippen molar-refractivity contribution < 1.29 is 4.79 Å². The minimum absolute atomic E-state index is 0.0470. The molecule has 3 heteroatoms. The van der Waals surface area contributed by atoms with Crippen molar-refractivity contribution in [1.82, 2.24) is 5.32 Å². The summed E-state index contributed by atoms with van der Waals surface area (Å²) >= 11 is 0. The Morgan fingerprint density at radius 2 is 1.77 bits per heavy atom. The number of hydrogen-bond acceptors (Lipinski definition) is 2. The highest BCUT2D eigenvalue weighted by atomic mass is 16.2. The molecule has 0 radical (unpaired) electrons. The number of amides is 1. The van der Waals surface area contributed by atoms with Crippen molar-refractivity contribution in [2.75, 3.05) is 0 Å². The van der Waals surface area contributed by atoms with E-state index in [4.69, 9.17) is 5.73 Å². The lowest BCUT2D eigenvalue weighted by Gasteiger charge is -2.20. The maximum absolute atomic E-state index is 12.3. The van der Waals surface area contributed by atoms with Gasteiger partial charge >= 0.3 is 0 Å². The van der Waals surface area contributed by atoms with E-state index in [0.717, 1.165) is 11.1 Å². The van der Waals surface area contributed by atoms with E-state index >= 15 is 0 Å². The fourth-order valence-electron chi connectivity index (χ4n) is 2.60. The van der Waals surface area contributed by atoms with Gasteiger partial charge in [-0.15, -0.1) is 0 Å². The first-order valence-electron chi connectivity index (χ1n) is 7.65. The molecule has 1 unspecified atom stereocenters. The van der Waals surface area contributed by atoms with Crippen molar-refractivity contribution in [3.05, 3.63) is 70.8 Å². The summed E-state index contributed by atoms with van der Waals surface area (Å²) in [6.45, 7) is 6.15. The molecule has 0 aromatic heterocycles. The summed E-state index contributed by atoms with van der Waals surface area (Å²) in [5.41, 5.74) is 10.7. The van der Waals surface area contributed by atoms with E-state index in [-0.39, 0.29) is 11.9 Å². The molecular weight excluding hydrogens is 272 g/mol. The van der Waals surface area contributed by atoms with Crippen LogP contribution < -0.4 is 11.1 Å². The lowest BCUT2D eigenvalue weighted by atomic mass is 9.98. The van der Waals surface area contributed by atoms with E-state index in [1.807, 2.05) is 43.3 Å². The number of hydrogen-bond donors (Lipinski definition) is 2. The highest BCUT2D eigenvalue weighted by Crippen LogP contribution is 2.20. The van der Waals surface area contributed by atoms with Crippen molar-refractivity contribution in [2.45, 2.75) is 39.3 Å². The molecule has 0 heterocycles. The van der Waals surface area contributed by atoms with E-state index in [9.17, 15) is 4.79 Å². The second-order valence-electron chi connectivity index (χ2n) is 5.82. The summed E-state index contributed by atoms with van der Waals surface area (Å²) < 4.78 is 0. The number of rotatable bonds is 5. The maximum atomic E-state index is 12.3. The molecule has 116 valence electrons. The number of aryl methyl sites for hydroxylation is 1. The molecule has 0 aliphatic rings. The van der Waals surface area contributed by atoms with Gasteiger partial charge in [0.2, 0.25) is 5.91 Å². The quantitative estimate of drug-likeness (QED) is 0.891. The Kier molecular flexibility index (Phi) is 5.34. The first-order valence-corrected chi connectivity index (χ1v) is 7.65. The van der Waals surface area contributed by atoms with E-state index in [1.165, 1.54) is 11.1 Å². The molecule has 2 atom stereocenters. The highest BCUT2D eigenvalue weighted by Gasteiger charge is 2.18. The average molecular weight is 296 g/mol. The summed E-state index contributed by atoms with van der Waals surface area (Å²) in [6, 6.07) is 15.4. The van der Waals surface area contributed by atoms with Crippen LogP contribution in [0.15, 0.2) is 48.5 Å². The molecule has 2 aromatic carbocycles. The molecule has 0 aliphatic carbocycles. The fourth-order valence-corrected chi connectivity index (χ4v) is 2.60. The SMILES string of the molecule is Cc1cccc(C(C)NC(=O)[C@@H](N)Cc2ccccc2)c1C. The molecule has 1 amide bonds. The predicted molar refractivity (Wildman–Crippen MR) is 90.6 cm³/mol. The van der Waals surface area contributed by atoms with Crippen LogP contribution in [0, 0.1) is 13.8 Å². The summed E-state index contributed by atoms with van der Waals surface area (Å²) in [7, 11) is 0. The Hall–Kier alpha value is -2.13. The number of carbonyl (C=O) groups excluding carboxylic acids is 1. The lowest BCUT2D eigenvalue weighted by molar-refractivity contribution is -0.123. The van der Waals surface area contributed by atoms with Crippen LogP contribution >= 0.6 is 0 Å². The third kappa shape index (κ3) is 3.95. The first kappa shape index (κ1) is 16.2. The van der Waals surface area contributed by atoms with Gasteiger partial charge in [-0.2, -0.15) is 0 Å². The van der Waals surface area contributed by atoms with Crippen LogP contribution in [-0.2, 0) is 11.2 Å². The monoisotopic (exact) mass is 296 g/mol. The minimum atomic E-state index is -0.532. The summed E-state index contributed by atoms with van der Waals surface area (Å²) in [5, 5.41) is 3.02. The van der Waals surface area contributed by atoms with Crippen molar-refractivity contribution in [3.63, 3.8) is 0 Å². The number of nitrogens with one attached hydrogen (secondary N) is 1. The Balaban J connectivity index is 2.00. The largest absolute Gasteiger partial charge is 0.348 e. The molecule has 3 N–H and O–H groups in total. The van der Waals surface area contributed by atoms with E-state index < -0.39 is 6.04 Å². The fraction of sp³-hybridized carbons (Fsp3) is 0.316. The molecule has 0 fully saturated rings. The van der Waals surface area contributed by atoms with Crippen LogP contribution in [0.25, 0.3) is 0 Å². The second kappa shape index (κ2) is 7.23. The van der Waals surface area contributed by atoms with Gasteiger partial charge in [0.25, 0.3) is 0 Å². The molecular formula is C19H24N2O. The second-order valence-corrected chi connectivity index (χ2v) is 5.82. The standard InChI is InChI=1S/C19H24N2O/c1-13-8-7-11-17(14(13)2)15(3)21-19(22)18(20)12-16-9-5-4-6-10-16/h4-11,15,18H,12,20H2,1-3H3,(H,21,22)/t15?,18-/m0/s1. The van der Waals surface area contributed by atoms with Crippen LogP contribution in [0.1, 0.15) is 35.2 Å². The van der Waals surface area contributed by atoms with Gasteiger partial charge in [0.1, 0.15) is 0 Å². The molecule has 0 bridgehead atoms. The van der Waals surface area contributed by atoms with Crippen LogP contribution in [0.5, 0.6) is 0 Å². The van der Waals surface area contributed by atoms with Crippen LogP contribution in [0.3, 0.4) is 0 Å². The molecule has 3 nitrogen and oxygen atoms in total. The zero-order chi connectivity index (χ0) is 16.1. The zero-order valence-corrected chi connectivity index (χ0v) is 13.5. The van der Waals surface area contributed by atoms with Gasteiger partial charge in [-0.3, -0.25) is 4.79 Å². The molecule has 0 saturated carbocycles. The van der Waals surface area contributed by atoms with E-state index in [2.05, 4.69) is 31.3 Å². The van der Waals surface area contributed by atoms with Gasteiger partial charge in [0.15, 0.2) is 0 Å². The highest BCUT2D eigenvalue weighted by molar-refractivity contribution is 5.82. The van der Waals surface area contributed by atoms with Crippen molar-refractivity contribution in [2.24, 2.45) is 5.73 Å². The number of benzene rings is 2. The molecule has 0 aliphatic heterocycles. The summed E-state index contributed by atoms with van der Waals surface area (Å²) in [4.78, 5) is 12.3. The number of nitrogens with two attached hydrogens (primary N) is 1. The third-order valence-electron chi connectivity index (χ3n) is 4.11. The first-order chi connectivity index (χ1) is 10.5. The van der Waals surface area contributed by atoms with E-state index in [0.29, 0.717) is 6.42 Å². The molecule has 0 saturated heterocycles. The Labute approximate surface area is 132 Å². The topological polar surface area (TPSA) is 55.1 Å². The number of carbonyl (C=O) groups is 1. The van der Waals surface area contributed by atoms with Crippen molar-refractivity contribution in [3.8, 4) is 0 Å². The third-order valence-corrected chi connectivity index (χ3v) is 4.11. The van der Waals surface area contributed by atoms with Gasteiger partial charge in [0.05, 0.1) is 12.1 Å². The predicted octanol–water partition coefficient (Wildman–Crippen LogP) is 3.05. The van der Waals surface area contributed by atoms with Gasteiger partial charge < -0.3 is 11.1 Å². The van der Waals surface area contributed by atoms with Crippen LogP contribution in [0.4, 0.5) is 0 Å². The van der Waals surface area contributed by atoms with Crippen LogP contribution in [-0.4, -0.2) is 11.9 Å².